The van der Waals surface area contributed by atoms with E-state index >= 15 is 0 Å². The second kappa shape index (κ2) is 5.89. The van der Waals surface area contributed by atoms with Gasteiger partial charge in [0, 0.05) is 30.6 Å². The van der Waals surface area contributed by atoms with Gasteiger partial charge < -0.3 is 15.3 Å². The van der Waals surface area contributed by atoms with Crippen LogP contribution in [0.4, 0.5) is 0 Å². The average Bonchev–Trinajstić information content (AvgIpc) is 2.26. The molecule has 1 aliphatic heterocycles. The van der Waals surface area contributed by atoms with Crippen LogP contribution in [0.2, 0.25) is 0 Å². The quantitative estimate of drug-likeness (QED) is 0.734. The molecule has 1 atom stereocenters. The summed E-state index contributed by atoms with van der Waals surface area (Å²) in [5.41, 5.74) is 0. The molecule has 0 aromatic heterocycles. The van der Waals surface area contributed by atoms with Crippen molar-refractivity contribution in [2.24, 2.45) is 0 Å². The van der Waals surface area contributed by atoms with E-state index in [0.717, 1.165) is 30.9 Å². The largest absolute Gasteiger partial charge is 0.395 e. The number of carbonyl (C=O) groups excluding carboxylic acids is 1. The molecule has 0 aromatic rings. The lowest BCUT2D eigenvalue weighted by atomic mass is 9.91. The van der Waals surface area contributed by atoms with Crippen molar-refractivity contribution < 1.29 is 9.90 Å². The molecule has 92 valence electrons. The van der Waals surface area contributed by atoms with E-state index in [9.17, 15) is 4.79 Å². The van der Waals surface area contributed by atoms with Crippen LogP contribution in [-0.2, 0) is 4.79 Å². The standard InChI is InChI=1S/C11H20N2O2S/c14-6-5-13(9-2-1-3-9)11(15)10-8-16-7-4-12-10/h9-10,12,14H,1-8H2. The summed E-state index contributed by atoms with van der Waals surface area (Å²) in [6.45, 7) is 1.48. The highest BCUT2D eigenvalue weighted by Gasteiger charge is 2.32. The minimum absolute atomic E-state index is 0.0362. The molecule has 1 unspecified atom stereocenters. The zero-order valence-corrected chi connectivity index (χ0v) is 10.3. The van der Waals surface area contributed by atoms with Gasteiger partial charge >= 0.3 is 0 Å². The molecule has 1 saturated heterocycles. The van der Waals surface area contributed by atoms with Gasteiger partial charge in [-0.1, -0.05) is 0 Å². The van der Waals surface area contributed by atoms with E-state index in [4.69, 9.17) is 5.11 Å². The van der Waals surface area contributed by atoms with Crippen LogP contribution in [0.15, 0.2) is 0 Å². The number of thioether (sulfide) groups is 1. The molecule has 0 radical (unpaired) electrons. The summed E-state index contributed by atoms with van der Waals surface area (Å²) in [5.74, 6) is 2.15. The predicted molar refractivity (Wildman–Crippen MR) is 65.6 cm³/mol. The molecule has 1 heterocycles. The predicted octanol–water partition coefficient (Wildman–Crippen LogP) is 0.0648. The van der Waals surface area contributed by atoms with E-state index in [1.54, 1.807) is 0 Å². The maximum atomic E-state index is 12.3. The van der Waals surface area contributed by atoms with Crippen LogP contribution >= 0.6 is 11.8 Å². The van der Waals surface area contributed by atoms with Crippen molar-refractivity contribution in [3.05, 3.63) is 0 Å². The maximum Gasteiger partial charge on any atom is 0.240 e. The van der Waals surface area contributed by atoms with Gasteiger partial charge in [-0.2, -0.15) is 11.8 Å². The Morgan fingerprint density at radius 2 is 2.31 bits per heavy atom. The summed E-state index contributed by atoms with van der Waals surface area (Å²) in [6, 6.07) is 0.347. The molecule has 5 heteroatoms. The van der Waals surface area contributed by atoms with Crippen LogP contribution in [0.5, 0.6) is 0 Å². The summed E-state index contributed by atoms with van der Waals surface area (Å²) < 4.78 is 0. The molecule has 2 aliphatic rings. The van der Waals surface area contributed by atoms with E-state index in [0.29, 0.717) is 12.6 Å². The first-order valence-corrected chi connectivity index (χ1v) is 7.21. The molecule has 16 heavy (non-hydrogen) atoms. The summed E-state index contributed by atoms with van der Waals surface area (Å²) in [4.78, 5) is 14.1. The fraction of sp³-hybridized carbons (Fsp3) is 0.909. The number of hydrogen-bond acceptors (Lipinski definition) is 4. The third-order valence-electron chi connectivity index (χ3n) is 3.36. The minimum atomic E-state index is -0.0362. The molecule has 1 saturated carbocycles. The molecule has 0 spiro atoms. The first-order valence-electron chi connectivity index (χ1n) is 6.05. The third kappa shape index (κ3) is 2.70. The van der Waals surface area contributed by atoms with E-state index < -0.39 is 0 Å². The van der Waals surface area contributed by atoms with Gasteiger partial charge in [0.15, 0.2) is 0 Å². The molecule has 0 bridgehead atoms. The highest BCUT2D eigenvalue weighted by atomic mass is 32.2. The molecule has 1 aliphatic carbocycles. The van der Waals surface area contributed by atoms with Gasteiger partial charge in [-0.15, -0.1) is 0 Å². The highest BCUT2D eigenvalue weighted by Crippen LogP contribution is 2.25. The summed E-state index contributed by atoms with van der Waals surface area (Å²) in [6.07, 6.45) is 3.42. The van der Waals surface area contributed by atoms with Crippen molar-refractivity contribution in [1.29, 1.82) is 0 Å². The number of hydrogen-bond donors (Lipinski definition) is 2. The van der Waals surface area contributed by atoms with E-state index in [1.165, 1.54) is 6.42 Å². The fourth-order valence-electron chi connectivity index (χ4n) is 2.20. The van der Waals surface area contributed by atoms with Gasteiger partial charge in [-0.3, -0.25) is 4.79 Å². The van der Waals surface area contributed by atoms with Crippen molar-refractivity contribution in [1.82, 2.24) is 10.2 Å². The number of carbonyl (C=O) groups is 1. The van der Waals surface area contributed by atoms with Crippen LogP contribution in [0.3, 0.4) is 0 Å². The Labute approximate surface area is 101 Å². The van der Waals surface area contributed by atoms with Crippen molar-refractivity contribution in [2.45, 2.75) is 31.3 Å². The van der Waals surface area contributed by atoms with Gasteiger partial charge in [0.05, 0.1) is 12.6 Å². The normalized spacial score (nSPS) is 26.2. The zero-order chi connectivity index (χ0) is 11.4. The van der Waals surface area contributed by atoms with Gasteiger partial charge in [0.25, 0.3) is 0 Å². The third-order valence-corrected chi connectivity index (χ3v) is 4.42. The second-order valence-corrected chi connectivity index (χ2v) is 5.57. The van der Waals surface area contributed by atoms with Crippen LogP contribution in [0.25, 0.3) is 0 Å². The second-order valence-electron chi connectivity index (χ2n) is 4.42. The first-order chi connectivity index (χ1) is 7.83. The maximum absolute atomic E-state index is 12.3. The molecule has 2 rings (SSSR count). The summed E-state index contributed by atoms with van der Waals surface area (Å²) >= 11 is 1.83. The van der Waals surface area contributed by atoms with Gasteiger partial charge in [-0.25, -0.2) is 0 Å². The minimum Gasteiger partial charge on any atom is -0.395 e. The van der Waals surface area contributed by atoms with Crippen molar-refractivity contribution in [3.63, 3.8) is 0 Å². The molecule has 1 amide bonds. The smallest absolute Gasteiger partial charge is 0.240 e. The zero-order valence-electron chi connectivity index (χ0n) is 9.52. The number of nitrogens with one attached hydrogen (secondary N) is 1. The number of aliphatic hydroxyl groups is 1. The Morgan fingerprint density at radius 3 is 2.81 bits per heavy atom. The number of rotatable bonds is 4. The van der Waals surface area contributed by atoms with Crippen molar-refractivity contribution >= 4 is 17.7 Å². The Morgan fingerprint density at radius 1 is 1.50 bits per heavy atom. The molecular formula is C11H20N2O2S. The first kappa shape index (κ1) is 12.2. The lowest BCUT2D eigenvalue weighted by molar-refractivity contribution is -0.137. The lowest BCUT2D eigenvalue weighted by Crippen LogP contribution is -2.55. The Hall–Kier alpha value is -0.260. The van der Waals surface area contributed by atoms with Crippen LogP contribution < -0.4 is 5.32 Å². The molecule has 2 N–H and O–H groups in total. The molecule has 0 aromatic carbocycles. The fourth-order valence-corrected chi connectivity index (χ4v) is 3.13. The number of nitrogens with zero attached hydrogens (tertiary/aromatic N) is 1. The van der Waals surface area contributed by atoms with Gasteiger partial charge in [-0.05, 0) is 19.3 Å². The monoisotopic (exact) mass is 244 g/mol. The van der Waals surface area contributed by atoms with E-state index in [2.05, 4.69) is 5.32 Å². The SMILES string of the molecule is O=C(C1CSCCN1)N(CCO)C1CCC1. The Bertz CT molecular complexity index is 240. The lowest BCUT2D eigenvalue weighted by Gasteiger charge is -2.39. The molecule has 4 nitrogen and oxygen atoms in total. The summed E-state index contributed by atoms with van der Waals surface area (Å²) in [5, 5.41) is 12.3. The summed E-state index contributed by atoms with van der Waals surface area (Å²) in [7, 11) is 0. The van der Waals surface area contributed by atoms with Crippen LogP contribution in [0.1, 0.15) is 19.3 Å². The molecular weight excluding hydrogens is 224 g/mol. The van der Waals surface area contributed by atoms with Crippen molar-refractivity contribution in [2.75, 3.05) is 31.2 Å². The van der Waals surface area contributed by atoms with Gasteiger partial charge in [0.2, 0.25) is 5.91 Å². The van der Waals surface area contributed by atoms with Gasteiger partial charge in [0.1, 0.15) is 0 Å². The number of aliphatic hydroxyl groups excluding tert-OH is 1. The van der Waals surface area contributed by atoms with Crippen LogP contribution in [0, 0.1) is 0 Å². The highest BCUT2D eigenvalue weighted by molar-refractivity contribution is 7.99. The van der Waals surface area contributed by atoms with Crippen LogP contribution in [-0.4, -0.2) is 59.2 Å². The topological polar surface area (TPSA) is 52.6 Å². The Kier molecular flexibility index (Phi) is 4.49. The van der Waals surface area contributed by atoms with E-state index in [1.807, 2.05) is 16.7 Å². The van der Waals surface area contributed by atoms with Crippen molar-refractivity contribution in [3.8, 4) is 0 Å². The number of amides is 1. The Balaban J connectivity index is 1.92. The average molecular weight is 244 g/mol. The van der Waals surface area contributed by atoms with E-state index in [-0.39, 0.29) is 18.6 Å². The molecule has 2 fully saturated rings.